The number of hydrogen-bond acceptors (Lipinski definition) is 2. The van der Waals surface area contributed by atoms with Gasteiger partial charge in [0.05, 0.1) is 0 Å². The third-order valence-corrected chi connectivity index (χ3v) is 3.42. The summed E-state index contributed by atoms with van der Waals surface area (Å²) in [7, 11) is 3.53. The third kappa shape index (κ3) is 2.30. The number of carbonyl (C=O) groups excluding carboxylic acids is 1. The number of hydrogen-bond donors (Lipinski definition) is 1. The van der Waals surface area contributed by atoms with E-state index in [1.54, 1.807) is 19.0 Å². The van der Waals surface area contributed by atoms with Gasteiger partial charge in [0.2, 0.25) is 0 Å². The molecule has 1 aliphatic heterocycles. The maximum atomic E-state index is 11.2. The molecule has 1 aliphatic rings. The molecule has 0 saturated carbocycles. The van der Waals surface area contributed by atoms with Crippen molar-refractivity contribution < 1.29 is 4.79 Å². The number of urea groups is 1. The van der Waals surface area contributed by atoms with Crippen molar-refractivity contribution in [1.82, 2.24) is 10.2 Å². The smallest absolute Gasteiger partial charge is 0.317 e. The molecule has 2 atom stereocenters. The van der Waals surface area contributed by atoms with Gasteiger partial charge in [-0.25, -0.2) is 4.79 Å². The fourth-order valence-corrected chi connectivity index (χ4v) is 2.41. The van der Waals surface area contributed by atoms with E-state index >= 15 is 0 Å². The highest BCUT2D eigenvalue weighted by Gasteiger charge is 2.25. The maximum absolute atomic E-state index is 11.2. The lowest BCUT2D eigenvalue weighted by molar-refractivity contribution is 0.213. The lowest BCUT2D eigenvalue weighted by atomic mass is 10.2. The number of nitrogens with zero attached hydrogens (tertiary/aromatic N) is 1. The van der Waals surface area contributed by atoms with Gasteiger partial charge in [-0.3, -0.25) is 0 Å². The van der Waals surface area contributed by atoms with Crippen LogP contribution < -0.4 is 5.32 Å². The van der Waals surface area contributed by atoms with Crippen LogP contribution in [0.5, 0.6) is 0 Å². The van der Waals surface area contributed by atoms with Gasteiger partial charge in [0.15, 0.2) is 0 Å². The van der Waals surface area contributed by atoms with Crippen LogP contribution in [0.4, 0.5) is 4.79 Å². The summed E-state index contributed by atoms with van der Waals surface area (Å²) in [6, 6.07) is 0.388. The van der Waals surface area contributed by atoms with E-state index in [0.29, 0.717) is 11.3 Å². The maximum Gasteiger partial charge on any atom is 0.317 e. The standard InChI is InChI=1S/C8H16N2OS/c1-6-7(4-5-12-6)9-8(11)10(2)3/h6-7H,4-5H2,1-3H3,(H,9,11). The van der Waals surface area contributed by atoms with Crippen molar-refractivity contribution in [2.75, 3.05) is 19.8 Å². The van der Waals surface area contributed by atoms with Crippen LogP contribution in [0.3, 0.4) is 0 Å². The highest BCUT2D eigenvalue weighted by atomic mass is 32.2. The van der Waals surface area contributed by atoms with E-state index < -0.39 is 0 Å². The molecule has 1 fully saturated rings. The van der Waals surface area contributed by atoms with Crippen LogP contribution in [0.25, 0.3) is 0 Å². The molecule has 0 spiro atoms. The first-order valence-corrected chi connectivity index (χ1v) is 5.25. The zero-order valence-corrected chi connectivity index (χ0v) is 8.65. The van der Waals surface area contributed by atoms with Gasteiger partial charge in [-0.2, -0.15) is 11.8 Å². The van der Waals surface area contributed by atoms with Gasteiger partial charge in [0.1, 0.15) is 0 Å². The molecule has 4 heteroatoms. The van der Waals surface area contributed by atoms with Crippen LogP contribution in [0.15, 0.2) is 0 Å². The first kappa shape index (κ1) is 9.71. The predicted octanol–water partition coefficient (Wildman–Crippen LogP) is 1.15. The quantitative estimate of drug-likeness (QED) is 0.669. The van der Waals surface area contributed by atoms with Gasteiger partial charge in [0.25, 0.3) is 0 Å². The second kappa shape index (κ2) is 4.03. The third-order valence-electron chi connectivity index (χ3n) is 2.09. The molecule has 3 nitrogen and oxygen atoms in total. The Morgan fingerprint density at radius 2 is 2.25 bits per heavy atom. The fraction of sp³-hybridized carbons (Fsp3) is 0.875. The fourth-order valence-electron chi connectivity index (χ4n) is 1.21. The molecule has 1 rings (SSSR count). The molecule has 0 radical (unpaired) electrons. The highest BCUT2D eigenvalue weighted by Crippen LogP contribution is 2.25. The molecule has 0 aromatic rings. The molecule has 1 saturated heterocycles. The van der Waals surface area contributed by atoms with Crippen LogP contribution >= 0.6 is 11.8 Å². The monoisotopic (exact) mass is 188 g/mol. The van der Waals surface area contributed by atoms with Gasteiger partial charge in [-0.1, -0.05) is 6.92 Å². The molecule has 0 aliphatic carbocycles. The van der Waals surface area contributed by atoms with Crippen molar-refractivity contribution in [3.05, 3.63) is 0 Å². The van der Waals surface area contributed by atoms with Crippen LogP contribution in [0.2, 0.25) is 0 Å². The average Bonchev–Trinajstić information content (AvgIpc) is 2.36. The Morgan fingerprint density at radius 1 is 1.58 bits per heavy atom. The molecular weight excluding hydrogens is 172 g/mol. The number of thioether (sulfide) groups is 1. The highest BCUT2D eigenvalue weighted by molar-refractivity contribution is 8.00. The van der Waals surface area contributed by atoms with Gasteiger partial charge >= 0.3 is 6.03 Å². The lowest BCUT2D eigenvalue weighted by Gasteiger charge is -2.19. The van der Waals surface area contributed by atoms with Gasteiger partial charge in [-0.15, -0.1) is 0 Å². The van der Waals surface area contributed by atoms with Crippen molar-refractivity contribution >= 4 is 17.8 Å². The molecule has 2 unspecified atom stereocenters. The van der Waals surface area contributed by atoms with Crippen molar-refractivity contribution in [2.45, 2.75) is 24.6 Å². The predicted molar refractivity (Wildman–Crippen MR) is 52.5 cm³/mol. The van der Waals surface area contributed by atoms with Crippen molar-refractivity contribution in [3.8, 4) is 0 Å². The first-order valence-electron chi connectivity index (χ1n) is 4.20. The van der Waals surface area contributed by atoms with Crippen molar-refractivity contribution in [2.24, 2.45) is 0 Å². The molecule has 0 aromatic heterocycles. The number of carbonyl (C=O) groups is 1. The van der Waals surface area contributed by atoms with E-state index in [1.165, 1.54) is 5.75 Å². The summed E-state index contributed by atoms with van der Waals surface area (Å²) in [5.74, 6) is 1.17. The summed E-state index contributed by atoms with van der Waals surface area (Å²) < 4.78 is 0. The summed E-state index contributed by atoms with van der Waals surface area (Å²) in [5.41, 5.74) is 0. The average molecular weight is 188 g/mol. The molecule has 0 bridgehead atoms. The first-order chi connectivity index (χ1) is 5.61. The van der Waals surface area contributed by atoms with E-state index in [1.807, 2.05) is 11.8 Å². The van der Waals surface area contributed by atoms with Crippen molar-refractivity contribution in [3.63, 3.8) is 0 Å². The normalized spacial score (nSPS) is 28.6. The Kier molecular flexibility index (Phi) is 3.26. The minimum Gasteiger partial charge on any atom is -0.334 e. The van der Waals surface area contributed by atoms with Crippen LogP contribution in [0, 0.1) is 0 Å². The Bertz CT molecular complexity index is 172. The molecule has 0 aromatic carbocycles. The molecule has 1 heterocycles. The van der Waals surface area contributed by atoms with E-state index in [-0.39, 0.29) is 6.03 Å². The minimum absolute atomic E-state index is 0.0225. The van der Waals surface area contributed by atoms with Gasteiger partial charge in [0, 0.05) is 25.4 Å². The summed E-state index contributed by atoms with van der Waals surface area (Å²) >= 11 is 1.93. The number of nitrogens with one attached hydrogen (secondary N) is 1. The lowest BCUT2D eigenvalue weighted by Crippen LogP contribution is -2.43. The minimum atomic E-state index is 0.0225. The topological polar surface area (TPSA) is 32.3 Å². The second-order valence-electron chi connectivity index (χ2n) is 3.31. The van der Waals surface area contributed by atoms with Crippen LogP contribution in [-0.2, 0) is 0 Å². The number of amides is 2. The largest absolute Gasteiger partial charge is 0.334 e. The zero-order valence-electron chi connectivity index (χ0n) is 7.83. The summed E-state index contributed by atoms with van der Waals surface area (Å²) in [6.45, 7) is 2.16. The SMILES string of the molecule is CC1SCCC1NC(=O)N(C)C. The summed E-state index contributed by atoms with van der Waals surface area (Å²) in [4.78, 5) is 12.8. The molecule has 12 heavy (non-hydrogen) atoms. The Hall–Kier alpha value is -0.380. The Morgan fingerprint density at radius 3 is 2.67 bits per heavy atom. The van der Waals surface area contributed by atoms with E-state index in [0.717, 1.165) is 6.42 Å². The van der Waals surface area contributed by atoms with Gasteiger partial charge in [-0.05, 0) is 12.2 Å². The van der Waals surface area contributed by atoms with Gasteiger partial charge < -0.3 is 10.2 Å². The van der Waals surface area contributed by atoms with Crippen LogP contribution in [0.1, 0.15) is 13.3 Å². The molecular formula is C8H16N2OS. The summed E-state index contributed by atoms with van der Waals surface area (Å²) in [5, 5.41) is 3.56. The molecule has 70 valence electrons. The Balaban J connectivity index is 2.35. The summed E-state index contributed by atoms with van der Waals surface area (Å²) in [6.07, 6.45) is 1.10. The van der Waals surface area contributed by atoms with Crippen molar-refractivity contribution in [1.29, 1.82) is 0 Å². The van der Waals surface area contributed by atoms with E-state index in [2.05, 4.69) is 12.2 Å². The number of rotatable bonds is 1. The van der Waals surface area contributed by atoms with E-state index in [4.69, 9.17) is 0 Å². The van der Waals surface area contributed by atoms with E-state index in [9.17, 15) is 4.79 Å². The van der Waals surface area contributed by atoms with Crippen LogP contribution in [-0.4, -0.2) is 42.1 Å². The zero-order chi connectivity index (χ0) is 9.14. The Labute approximate surface area is 77.9 Å². The second-order valence-corrected chi connectivity index (χ2v) is 4.80. The molecule has 1 N–H and O–H groups in total. The molecule has 2 amide bonds.